The predicted molar refractivity (Wildman–Crippen MR) is 80.7 cm³/mol. The van der Waals surface area contributed by atoms with Crippen molar-refractivity contribution < 1.29 is 9.53 Å². The normalized spacial score (nSPS) is 12.4. The number of methoxy groups -OCH3 is 1. The van der Waals surface area contributed by atoms with Gasteiger partial charge in [0.25, 0.3) is 0 Å². The molecule has 1 amide bonds. The maximum Gasteiger partial charge on any atom is 0.239 e. The number of benzene rings is 1. The van der Waals surface area contributed by atoms with E-state index in [4.69, 9.17) is 10.5 Å². The Kier molecular flexibility index (Phi) is 7.04. The minimum Gasteiger partial charge on any atom is -0.496 e. The summed E-state index contributed by atoms with van der Waals surface area (Å²) >= 11 is 0. The number of hydrogen-bond donors (Lipinski definition) is 2. The number of primary amides is 1. The van der Waals surface area contributed by atoms with Crippen LogP contribution >= 0.6 is 0 Å². The topological polar surface area (TPSA) is 67.6 Å². The third kappa shape index (κ3) is 4.51. The van der Waals surface area contributed by atoms with Gasteiger partial charge in [-0.05, 0) is 19.2 Å². The molecule has 0 fully saturated rings. The Bertz CT molecular complexity index is 419. The zero-order valence-electron chi connectivity index (χ0n) is 12.6. The second-order valence-corrected chi connectivity index (χ2v) is 4.56. The molecule has 0 aromatic heterocycles. The summed E-state index contributed by atoms with van der Waals surface area (Å²) in [6, 6.07) is 6.91. The molecule has 0 aliphatic carbocycles. The number of para-hydroxylation sites is 1. The van der Waals surface area contributed by atoms with E-state index in [1.54, 1.807) is 7.11 Å². The van der Waals surface area contributed by atoms with Gasteiger partial charge in [0.2, 0.25) is 5.91 Å². The molecule has 1 rings (SSSR count). The largest absolute Gasteiger partial charge is 0.496 e. The Balaban J connectivity index is 2.72. The Morgan fingerprint density at radius 3 is 2.55 bits per heavy atom. The van der Waals surface area contributed by atoms with E-state index in [9.17, 15) is 4.79 Å². The number of ether oxygens (including phenoxy) is 1. The van der Waals surface area contributed by atoms with Crippen LogP contribution in [0.15, 0.2) is 24.3 Å². The second kappa shape index (κ2) is 8.55. The molecule has 0 saturated carbocycles. The third-order valence-corrected chi connectivity index (χ3v) is 3.41. The van der Waals surface area contributed by atoms with Gasteiger partial charge in [-0.25, -0.2) is 0 Å². The highest BCUT2D eigenvalue weighted by molar-refractivity contribution is 5.82. The maximum absolute atomic E-state index is 11.7. The van der Waals surface area contributed by atoms with E-state index in [1.165, 1.54) is 0 Å². The summed E-state index contributed by atoms with van der Waals surface area (Å²) in [5, 5.41) is 3.21. The summed E-state index contributed by atoms with van der Waals surface area (Å²) in [5.74, 6) is 0.278. The van der Waals surface area contributed by atoms with Crippen molar-refractivity contribution in [2.24, 2.45) is 5.73 Å². The molecule has 1 aromatic rings. The molecule has 5 nitrogen and oxygen atoms in total. The van der Waals surface area contributed by atoms with Gasteiger partial charge in [0.05, 0.1) is 7.11 Å². The van der Waals surface area contributed by atoms with E-state index in [0.29, 0.717) is 12.3 Å². The fourth-order valence-electron chi connectivity index (χ4n) is 2.18. The summed E-state index contributed by atoms with van der Waals surface area (Å²) in [5.41, 5.74) is 6.28. The number of nitrogens with two attached hydrogens (primary N) is 1. The highest BCUT2D eigenvalue weighted by Crippen LogP contribution is 2.24. The first-order valence-corrected chi connectivity index (χ1v) is 7.01. The molecular formula is C15H25N3O2. The van der Waals surface area contributed by atoms with Crippen molar-refractivity contribution >= 4 is 5.91 Å². The van der Waals surface area contributed by atoms with E-state index in [-0.39, 0.29) is 0 Å². The molecule has 1 aromatic carbocycles. The van der Waals surface area contributed by atoms with Gasteiger partial charge < -0.3 is 20.7 Å². The fourth-order valence-corrected chi connectivity index (χ4v) is 2.18. The highest BCUT2D eigenvalue weighted by Gasteiger charge is 2.20. The molecule has 5 heteroatoms. The molecule has 0 aliphatic heterocycles. The van der Waals surface area contributed by atoms with Gasteiger partial charge >= 0.3 is 0 Å². The molecule has 0 aliphatic rings. The second-order valence-electron chi connectivity index (χ2n) is 4.56. The number of hydrogen-bond acceptors (Lipinski definition) is 4. The number of carbonyl (C=O) groups is 1. The number of carbonyl (C=O) groups excluding carboxylic acids is 1. The van der Waals surface area contributed by atoms with Crippen LogP contribution in [-0.4, -0.2) is 44.1 Å². The lowest BCUT2D eigenvalue weighted by atomic mass is 10.1. The molecule has 1 unspecified atom stereocenters. The lowest BCUT2D eigenvalue weighted by Gasteiger charge is -2.22. The van der Waals surface area contributed by atoms with E-state index in [2.05, 4.69) is 24.1 Å². The van der Waals surface area contributed by atoms with Gasteiger partial charge in [-0.3, -0.25) is 4.79 Å². The molecule has 0 spiro atoms. The van der Waals surface area contributed by atoms with Crippen LogP contribution in [0.5, 0.6) is 5.75 Å². The van der Waals surface area contributed by atoms with Crippen LogP contribution in [-0.2, 0) is 4.79 Å². The van der Waals surface area contributed by atoms with Crippen molar-refractivity contribution in [3.8, 4) is 5.75 Å². The predicted octanol–water partition coefficient (Wildman–Crippen LogP) is 1.15. The summed E-state index contributed by atoms with van der Waals surface area (Å²) < 4.78 is 5.29. The number of nitrogens with one attached hydrogen (secondary N) is 1. The summed E-state index contributed by atoms with van der Waals surface area (Å²) in [4.78, 5) is 14.0. The van der Waals surface area contributed by atoms with Crippen LogP contribution in [0.2, 0.25) is 0 Å². The molecule has 1 atom stereocenters. The van der Waals surface area contributed by atoms with Gasteiger partial charge in [0, 0.05) is 18.7 Å². The quantitative estimate of drug-likeness (QED) is 0.711. The molecule has 0 bridgehead atoms. The standard InChI is InChI=1S/C15H25N3O2/c1-4-18(5-2)11-10-17-14(15(16)19)12-8-6-7-9-13(12)20-3/h6-9,14,17H,4-5,10-11H2,1-3H3,(H2,16,19). The van der Waals surface area contributed by atoms with E-state index in [0.717, 1.165) is 25.2 Å². The number of likely N-dealkylation sites (N-methyl/N-ethyl adjacent to an activating group) is 1. The van der Waals surface area contributed by atoms with Crippen LogP contribution < -0.4 is 15.8 Å². The molecule has 112 valence electrons. The van der Waals surface area contributed by atoms with Crippen molar-refractivity contribution in [3.05, 3.63) is 29.8 Å². The van der Waals surface area contributed by atoms with Crippen LogP contribution in [0, 0.1) is 0 Å². The van der Waals surface area contributed by atoms with Gasteiger partial charge in [0.15, 0.2) is 0 Å². The first kappa shape index (κ1) is 16.5. The zero-order chi connectivity index (χ0) is 15.0. The molecule has 20 heavy (non-hydrogen) atoms. The molecule has 0 radical (unpaired) electrons. The summed E-state index contributed by atoms with van der Waals surface area (Å²) in [7, 11) is 1.59. The van der Waals surface area contributed by atoms with Crippen molar-refractivity contribution in [3.63, 3.8) is 0 Å². The lowest BCUT2D eigenvalue weighted by Crippen LogP contribution is -2.38. The van der Waals surface area contributed by atoms with Gasteiger partial charge in [0.1, 0.15) is 11.8 Å². The minimum atomic E-state index is -0.526. The summed E-state index contributed by atoms with van der Waals surface area (Å²) in [6.07, 6.45) is 0. The lowest BCUT2D eigenvalue weighted by molar-refractivity contribution is -0.120. The van der Waals surface area contributed by atoms with Gasteiger partial charge in [-0.2, -0.15) is 0 Å². The van der Waals surface area contributed by atoms with Crippen molar-refractivity contribution in [2.45, 2.75) is 19.9 Å². The monoisotopic (exact) mass is 279 g/mol. The van der Waals surface area contributed by atoms with Gasteiger partial charge in [-0.15, -0.1) is 0 Å². The average Bonchev–Trinajstić information content (AvgIpc) is 2.47. The Hall–Kier alpha value is -1.59. The zero-order valence-corrected chi connectivity index (χ0v) is 12.6. The number of nitrogens with zero attached hydrogens (tertiary/aromatic N) is 1. The Labute approximate surface area is 121 Å². The van der Waals surface area contributed by atoms with Crippen LogP contribution in [0.4, 0.5) is 0 Å². The smallest absolute Gasteiger partial charge is 0.239 e. The van der Waals surface area contributed by atoms with E-state index in [1.807, 2.05) is 24.3 Å². The summed E-state index contributed by atoms with van der Waals surface area (Å²) in [6.45, 7) is 7.81. The van der Waals surface area contributed by atoms with Crippen molar-refractivity contribution in [1.82, 2.24) is 10.2 Å². The van der Waals surface area contributed by atoms with Crippen molar-refractivity contribution in [1.29, 1.82) is 0 Å². The van der Waals surface area contributed by atoms with Crippen molar-refractivity contribution in [2.75, 3.05) is 33.3 Å². The first-order chi connectivity index (χ1) is 9.63. The van der Waals surface area contributed by atoms with Crippen LogP contribution in [0.3, 0.4) is 0 Å². The average molecular weight is 279 g/mol. The molecular weight excluding hydrogens is 254 g/mol. The first-order valence-electron chi connectivity index (χ1n) is 7.01. The third-order valence-electron chi connectivity index (χ3n) is 3.41. The SMILES string of the molecule is CCN(CC)CCNC(C(N)=O)c1ccccc1OC. The van der Waals surface area contributed by atoms with Gasteiger partial charge in [-0.1, -0.05) is 32.0 Å². The van der Waals surface area contributed by atoms with Crippen LogP contribution in [0.25, 0.3) is 0 Å². The Morgan fingerprint density at radius 1 is 1.35 bits per heavy atom. The minimum absolute atomic E-state index is 0.394. The van der Waals surface area contributed by atoms with Crippen LogP contribution in [0.1, 0.15) is 25.5 Å². The maximum atomic E-state index is 11.7. The molecule has 0 heterocycles. The van der Waals surface area contributed by atoms with E-state index < -0.39 is 11.9 Å². The highest BCUT2D eigenvalue weighted by atomic mass is 16.5. The number of rotatable bonds is 9. The molecule has 3 N–H and O–H groups in total. The van der Waals surface area contributed by atoms with E-state index >= 15 is 0 Å². The number of amides is 1. The fraction of sp³-hybridized carbons (Fsp3) is 0.533. The Morgan fingerprint density at radius 2 is 2.00 bits per heavy atom. The molecule has 0 saturated heterocycles.